The summed E-state index contributed by atoms with van der Waals surface area (Å²) in [5.41, 5.74) is 1.57. The second kappa shape index (κ2) is 8.43. The Bertz CT molecular complexity index is 1270. The van der Waals surface area contributed by atoms with Crippen LogP contribution in [0.15, 0.2) is 47.0 Å². The third-order valence-electron chi connectivity index (χ3n) is 6.76. The molecule has 0 saturated carbocycles. The lowest BCUT2D eigenvalue weighted by atomic mass is 9.81. The van der Waals surface area contributed by atoms with Crippen molar-refractivity contribution in [2.24, 2.45) is 0 Å². The number of pyridine rings is 1. The largest absolute Gasteiger partial charge is 0.460 e. The number of carbonyl (C=O) groups is 1. The number of benzene rings is 1. The Morgan fingerprint density at radius 3 is 2.88 bits per heavy atom. The third-order valence-corrected chi connectivity index (χ3v) is 7.65. The molecule has 170 valence electrons. The molecule has 7 nitrogen and oxygen atoms in total. The van der Waals surface area contributed by atoms with Gasteiger partial charge in [-0.2, -0.15) is 4.98 Å². The summed E-state index contributed by atoms with van der Waals surface area (Å²) in [6.45, 7) is 2.42. The summed E-state index contributed by atoms with van der Waals surface area (Å²) in [4.78, 5) is 22.9. The molecule has 8 heteroatoms. The van der Waals surface area contributed by atoms with Crippen LogP contribution in [0.1, 0.15) is 44.8 Å². The van der Waals surface area contributed by atoms with Crippen molar-refractivity contribution < 1.29 is 13.9 Å². The minimum atomic E-state index is 0.0731. The van der Waals surface area contributed by atoms with Gasteiger partial charge in [0.25, 0.3) is 5.19 Å². The molecule has 1 N–H and O–H groups in total. The van der Waals surface area contributed by atoms with Gasteiger partial charge in [0, 0.05) is 36.6 Å². The van der Waals surface area contributed by atoms with Gasteiger partial charge in [0.05, 0.1) is 11.2 Å². The number of nitrogens with zero attached hydrogens (tertiary/aromatic N) is 3. The first-order chi connectivity index (χ1) is 16.1. The quantitative estimate of drug-likeness (QED) is 0.436. The van der Waals surface area contributed by atoms with E-state index in [1.807, 2.05) is 30.3 Å². The smallest absolute Gasteiger partial charge is 0.281 e. The molecule has 4 aromatic rings. The van der Waals surface area contributed by atoms with Crippen LogP contribution in [-0.4, -0.2) is 38.9 Å². The lowest BCUT2D eigenvalue weighted by Gasteiger charge is -2.48. The molecule has 2 aliphatic heterocycles. The van der Waals surface area contributed by atoms with Gasteiger partial charge >= 0.3 is 0 Å². The summed E-state index contributed by atoms with van der Waals surface area (Å²) in [5, 5.41) is 4.75. The topological polar surface area (TPSA) is 80.5 Å². The zero-order valence-electron chi connectivity index (χ0n) is 18.5. The van der Waals surface area contributed by atoms with Crippen molar-refractivity contribution in [3.05, 3.63) is 48.4 Å². The van der Waals surface area contributed by atoms with Crippen molar-refractivity contribution in [2.45, 2.75) is 63.7 Å². The Balaban J connectivity index is 1.18. The van der Waals surface area contributed by atoms with Gasteiger partial charge in [0.15, 0.2) is 5.65 Å². The SMILES string of the molecule is CC(=O)NC1C[C@H]2CCC[C@@H](C1)N2Cc1cc2cc(Oc3nc4ncccc4s3)ccc2o1. The molecule has 3 atom stereocenters. The molecule has 5 heterocycles. The van der Waals surface area contributed by atoms with Gasteiger partial charge in [-0.25, -0.2) is 4.98 Å². The van der Waals surface area contributed by atoms with Gasteiger partial charge in [0.1, 0.15) is 17.1 Å². The third kappa shape index (κ3) is 4.20. The standard InChI is InChI=1S/C25H26N4O3S/c1-15(30)27-17-12-18-4-2-5-19(13-17)29(18)14-21-11-16-10-20(7-8-22(16)31-21)32-25-28-24-23(33-25)6-3-9-26-24/h3,6-11,17-19H,2,4-5,12-14H2,1H3,(H,27,30)/t17?,18-,19+. The summed E-state index contributed by atoms with van der Waals surface area (Å²) in [6.07, 6.45) is 7.41. The Kier molecular flexibility index (Phi) is 5.27. The number of ether oxygens (including phenoxy) is 1. The fourth-order valence-electron chi connectivity index (χ4n) is 5.43. The van der Waals surface area contributed by atoms with E-state index < -0.39 is 0 Å². The number of fused-ring (bicyclic) bond motifs is 4. The molecule has 3 aromatic heterocycles. The van der Waals surface area contributed by atoms with Gasteiger partial charge in [0.2, 0.25) is 5.91 Å². The number of rotatable bonds is 5. The Morgan fingerprint density at radius 2 is 2.09 bits per heavy atom. The maximum atomic E-state index is 11.5. The van der Waals surface area contributed by atoms with E-state index in [9.17, 15) is 4.79 Å². The Morgan fingerprint density at radius 1 is 1.24 bits per heavy atom. The first-order valence-electron chi connectivity index (χ1n) is 11.6. The van der Waals surface area contributed by atoms with Crippen LogP contribution in [0.4, 0.5) is 0 Å². The molecule has 1 aromatic carbocycles. The molecule has 33 heavy (non-hydrogen) atoms. The fraction of sp³-hybridized carbons (Fsp3) is 0.400. The number of piperidine rings is 2. The second-order valence-electron chi connectivity index (χ2n) is 9.10. The molecule has 2 saturated heterocycles. The van der Waals surface area contributed by atoms with Gasteiger partial charge in [-0.05, 0) is 62.1 Å². The van der Waals surface area contributed by atoms with E-state index in [2.05, 4.69) is 26.3 Å². The van der Waals surface area contributed by atoms with Gasteiger partial charge in [-0.1, -0.05) is 17.8 Å². The minimum absolute atomic E-state index is 0.0731. The van der Waals surface area contributed by atoms with Gasteiger partial charge in [-0.15, -0.1) is 0 Å². The van der Waals surface area contributed by atoms with Crippen LogP contribution in [0, 0.1) is 0 Å². The molecule has 0 aliphatic carbocycles. The van der Waals surface area contributed by atoms with Crippen molar-refractivity contribution in [3.63, 3.8) is 0 Å². The molecular formula is C25H26N4O3S. The summed E-state index contributed by atoms with van der Waals surface area (Å²) in [7, 11) is 0. The van der Waals surface area contributed by atoms with Crippen LogP contribution in [-0.2, 0) is 11.3 Å². The molecule has 2 fully saturated rings. The second-order valence-corrected chi connectivity index (χ2v) is 10.1. The van der Waals surface area contributed by atoms with Crippen LogP contribution in [0.3, 0.4) is 0 Å². The number of aromatic nitrogens is 2. The highest BCUT2D eigenvalue weighted by Gasteiger charge is 2.38. The van der Waals surface area contributed by atoms with Crippen molar-refractivity contribution in [2.75, 3.05) is 0 Å². The van der Waals surface area contributed by atoms with Crippen LogP contribution < -0.4 is 10.1 Å². The van der Waals surface area contributed by atoms with E-state index in [0.29, 0.717) is 29.0 Å². The molecule has 2 aliphatic rings. The lowest BCUT2D eigenvalue weighted by molar-refractivity contribution is -0.120. The molecule has 6 rings (SSSR count). The van der Waals surface area contributed by atoms with Crippen molar-refractivity contribution in [1.82, 2.24) is 20.2 Å². The molecule has 1 unspecified atom stereocenters. The summed E-state index contributed by atoms with van der Waals surface area (Å²) >= 11 is 1.49. The molecular weight excluding hydrogens is 436 g/mol. The van der Waals surface area contributed by atoms with Crippen molar-refractivity contribution in [3.8, 4) is 10.9 Å². The average molecular weight is 463 g/mol. The first kappa shape index (κ1) is 20.6. The molecule has 0 spiro atoms. The Labute approximate surface area is 195 Å². The lowest BCUT2D eigenvalue weighted by Crippen LogP contribution is -2.56. The number of hydrogen-bond acceptors (Lipinski definition) is 7. The number of nitrogens with one attached hydrogen (secondary N) is 1. The van der Waals surface area contributed by atoms with E-state index in [4.69, 9.17) is 9.15 Å². The zero-order chi connectivity index (χ0) is 22.4. The van der Waals surface area contributed by atoms with E-state index in [1.165, 1.54) is 30.6 Å². The van der Waals surface area contributed by atoms with Crippen LogP contribution in [0.5, 0.6) is 10.9 Å². The number of carbonyl (C=O) groups excluding carboxylic acids is 1. The zero-order valence-corrected chi connectivity index (χ0v) is 19.3. The monoisotopic (exact) mass is 462 g/mol. The number of amides is 1. The summed E-state index contributed by atoms with van der Waals surface area (Å²) in [5.74, 6) is 1.78. The van der Waals surface area contributed by atoms with Crippen molar-refractivity contribution in [1.29, 1.82) is 0 Å². The highest BCUT2D eigenvalue weighted by molar-refractivity contribution is 7.20. The average Bonchev–Trinajstić information content (AvgIpc) is 3.36. The predicted octanol–water partition coefficient (Wildman–Crippen LogP) is 5.25. The summed E-state index contributed by atoms with van der Waals surface area (Å²) in [6, 6.07) is 13.2. The van der Waals surface area contributed by atoms with Crippen LogP contribution in [0.2, 0.25) is 0 Å². The normalized spacial score (nSPS) is 23.1. The van der Waals surface area contributed by atoms with E-state index in [1.54, 1.807) is 13.1 Å². The highest BCUT2D eigenvalue weighted by Crippen LogP contribution is 2.37. The number of hydrogen-bond donors (Lipinski definition) is 1. The molecule has 1 amide bonds. The van der Waals surface area contributed by atoms with Crippen LogP contribution >= 0.6 is 11.3 Å². The highest BCUT2D eigenvalue weighted by atomic mass is 32.1. The van der Waals surface area contributed by atoms with Crippen LogP contribution in [0.25, 0.3) is 21.3 Å². The Hall–Kier alpha value is -2.97. The predicted molar refractivity (Wildman–Crippen MR) is 128 cm³/mol. The maximum absolute atomic E-state index is 11.5. The van der Waals surface area contributed by atoms with Gasteiger partial charge < -0.3 is 14.5 Å². The van der Waals surface area contributed by atoms with Crippen molar-refractivity contribution >= 4 is 38.6 Å². The number of thiazole rings is 1. The summed E-state index contributed by atoms with van der Waals surface area (Å²) < 4.78 is 13.2. The van der Waals surface area contributed by atoms with Gasteiger partial charge in [-0.3, -0.25) is 9.69 Å². The van der Waals surface area contributed by atoms with E-state index in [-0.39, 0.29) is 5.91 Å². The molecule has 2 bridgehead atoms. The fourth-order valence-corrected chi connectivity index (χ4v) is 6.23. The number of furan rings is 1. The van der Waals surface area contributed by atoms with E-state index in [0.717, 1.165) is 46.6 Å². The van der Waals surface area contributed by atoms with E-state index >= 15 is 0 Å². The maximum Gasteiger partial charge on any atom is 0.281 e. The molecule has 0 radical (unpaired) electrons. The first-order valence-corrected chi connectivity index (χ1v) is 12.4. The minimum Gasteiger partial charge on any atom is -0.460 e.